The molecule has 4 rings (SSSR count). The molecule has 0 amide bonds. The van der Waals surface area contributed by atoms with Gasteiger partial charge in [-0.1, -0.05) is 30.3 Å². The Hall–Kier alpha value is -2.40. The second-order valence-corrected chi connectivity index (χ2v) is 5.85. The quantitative estimate of drug-likeness (QED) is 0.806. The van der Waals surface area contributed by atoms with Crippen molar-refractivity contribution in [3.63, 3.8) is 0 Å². The van der Waals surface area contributed by atoms with E-state index in [1.807, 2.05) is 25.8 Å². The van der Waals surface area contributed by atoms with Crippen molar-refractivity contribution < 1.29 is 0 Å². The molecule has 112 valence electrons. The average Bonchev–Trinajstić information content (AvgIpc) is 3.17. The summed E-state index contributed by atoms with van der Waals surface area (Å²) in [5, 5.41) is 0. The summed E-state index contributed by atoms with van der Waals surface area (Å²) in [5.74, 6) is 1.41. The van der Waals surface area contributed by atoms with Crippen molar-refractivity contribution in [3.8, 4) is 0 Å². The normalized spacial score (nSPS) is 18.3. The zero-order valence-corrected chi connectivity index (χ0v) is 12.6. The molecule has 2 aromatic heterocycles. The molecular weight excluding hydrogens is 274 g/mol. The van der Waals surface area contributed by atoms with Crippen molar-refractivity contribution in [2.24, 2.45) is 7.05 Å². The predicted octanol–water partition coefficient (Wildman–Crippen LogP) is 2.29. The minimum Gasteiger partial charge on any atom is -0.347 e. The van der Waals surface area contributed by atoms with Crippen LogP contribution in [0.3, 0.4) is 0 Å². The minimum atomic E-state index is 0.316. The van der Waals surface area contributed by atoms with Gasteiger partial charge in [-0.05, 0) is 5.56 Å². The lowest BCUT2D eigenvalue weighted by Crippen LogP contribution is -2.34. The molecule has 1 aliphatic heterocycles. The summed E-state index contributed by atoms with van der Waals surface area (Å²) in [5.41, 5.74) is 3.72. The molecule has 1 aliphatic rings. The zero-order valence-electron chi connectivity index (χ0n) is 12.6. The maximum absolute atomic E-state index is 4.56. The molecule has 1 atom stereocenters. The summed E-state index contributed by atoms with van der Waals surface area (Å²) in [4.78, 5) is 14.7. The molecule has 1 aromatic carbocycles. The monoisotopic (exact) mass is 293 g/mol. The highest BCUT2D eigenvalue weighted by Crippen LogP contribution is 2.31. The minimum absolute atomic E-state index is 0.316. The fourth-order valence-electron chi connectivity index (χ4n) is 3.21. The van der Waals surface area contributed by atoms with Gasteiger partial charge in [-0.25, -0.2) is 9.97 Å². The highest BCUT2D eigenvalue weighted by atomic mass is 15.2. The molecule has 5 nitrogen and oxygen atoms in total. The number of imidazole rings is 2. The number of benzene rings is 1. The van der Waals surface area contributed by atoms with Gasteiger partial charge in [0.25, 0.3) is 0 Å². The first-order valence-electron chi connectivity index (χ1n) is 7.57. The third-order valence-electron chi connectivity index (χ3n) is 4.39. The number of rotatable bonds is 3. The number of H-pyrrole nitrogens is 1. The lowest BCUT2D eigenvalue weighted by Gasteiger charge is -2.32. The molecule has 0 saturated carbocycles. The van der Waals surface area contributed by atoms with Crippen molar-refractivity contribution >= 4 is 0 Å². The van der Waals surface area contributed by atoms with Crippen LogP contribution in [0.4, 0.5) is 0 Å². The van der Waals surface area contributed by atoms with E-state index in [-0.39, 0.29) is 0 Å². The maximum atomic E-state index is 4.56. The summed E-state index contributed by atoms with van der Waals surface area (Å²) in [7, 11) is 2.04. The van der Waals surface area contributed by atoms with Crippen LogP contribution in [0, 0.1) is 0 Å². The Kier molecular flexibility index (Phi) is 3.27. The molecule has 0 radical (unpaired) electrons. The van der Waals surface area contributed by atoms with E-state index in [4.69, 9.17) is 0 Å². The summed E-state index contributed by atoms with van der Waals surface area (Å²) in [6, 6.07) is 10.6. The van der Waals surface area contributed by atoms with E-state index in [1.54, 1.807) is 0 Å². The molecule has 0 fully saturated rings. The second-order valence-electron chi connectivity index (χ2n) is 5.85. The number of nitrogens with zero attached hydrogens (tertiary/aromatic N) is 4. The van der Waals surface area contributed by atoms with Crippen molar-refractivity contribution in [1.29, 1.82) is 0 Å². The van der Waals surface area contributed by atoms with Crippen molar-refractivity contribution in [2.75, 3.05) is 6.54 Å². The molecule has 0 spiro atoms. The number of nitrogens with one attached hydrogen (secondary N) is 1. The van der Waals surface area contributed by atoms with Crippen LogP contribution in [0.25, 0.3) is 0 Å². The highest BCUT2D eigenvalue weighted by Gasteiger charge is 2.29. The van der Waals surface area contributed by atoms with Crippen LogP contribution < -0.4 is 0 Å². The van der Waals surface area contributed by atoms with Crippen molar-refractivity contribution in [1.82, 2.24) is 24.4 Å². The van der Waals surface area contributed by atoms with E-state index in [0.29, 0.717) is 5.92 Å². The molecule has 1 unspecified atom stereocenters. The largest absolute Gasteiger partial charge is 0.347 e. The van der Waals surface area contributed by atoms with E-state index < -0.39 is 0 Å². The van der Waals surface area contributed by atoms with Crippen LogP contribution in [0.2, 0.25) is 0 Å². The van der Waals surface area contributed by atoms with Gasteiger partial charge in [0.15, 0.2) is 0 Å². The Balaban J connectivity index is 1.64. The summed E-state index contributed by atoms with van der Waals surface area (Å²) in [6.07, 6.45) is 5.66. The van der Waals surface area contributed by atoms with E-state index in [1.165, 1.54) is 17.0 Å². The second kappa shape index (κ2) is 5.42. The molecule has 22 heavy (non-hydrogen) atoms. The van der Waals surface area contributed by atoms with E-state index in [0.717, 1.165) is 25.5 Å². The standard InChI is InChI=1S/C17H19N5/c1-21-8-7-18-16(21)11-22-9-14(13-5-3-2-4-6-13)17-15(10-22)19-12-20-17/h2-8,12,14H,9-11H2,1H3,(H,19,20). The number of aromatic amines is 1. The van der Waals surface area contributed by atoms with Gasteiger partial charge < -0.3 is 9.55 Å². The fourth-order valence-corrected chi connectivity index (χ4v) is 3.21. The van der Waals surface area contributed by atoms with Gasteiger partial charge >= 0.3 is 0 Å². The SMILES string of the molecule is Cn1ccnc1CN1Cc2[nH]cnc2C(c2ccccc2)C1. The number of hydrogen-bond donors (Lipinski definition) is 1. The molecule has 3 aromatic rings. The summed E-state index contributed by atoms with van der Waals surface area (Å²) in [6.45, 7) is 2.71. The first kappa shape index (κ1) is 13.3. The predicted molar refractivity (Wildman–Crippen MR) is 84.2 cm³/mol. The Bertz CT molecular complexity index is 758. The average molecular weight is 293 g/mol. The molecule has 1 N–H and O–H groups in total. The van der Waals surface area contributed by atoms with Gasteiger partial charge in [-0.3, -0.25) is 4.90 Å². The van der Waals surface area contributed by atoms with Crippen LogP contribution in [-0.2, 0) is 20.1 Å². The Morgan fingerprint density at radius 2 is 2.09 bits per heavy atom. The van der Waals surface area contributed by atoms with E-state index in [9.17, 15) is 0 Å². The number of aromatic nitrogens is 4. The van der Waals surface area contributed by atoms with Crippen LogP contribution in [0.15, 0.2) is 49.1 Å². The van der Waals surface area contributed by atoms with Crippen molar-refractivity contribution in [2.45, 2.75) is 19.0 Å². The lowest BCUT2D eigenvalue weighted by molar-refractivity contribution is 0.220. The van der Waals surface area contributed by atoms with Crippen LogP contribution in [0.5, 0.6) is 0 Å². The lowest BCUT2D eigenvalue weighted by atomic mass is 9.91. The molecule has 0 aliphatic carbocycles. The molecule has 3 heterocycles. The molecule has 5 heteroatoms. The van der Waals surface area contributed by atoms with Crippen LogP contribution in [0.1, 0.15) is 28.7 Å². The third kappa shape index (κ3) is 2.33. The molecule has 0 saturated heterocycles. The number of fused-ring (bicyclic) bond motifs is 1. The molecular formula is C17H19N5. The van der Waals surface area contributed by atoms with Gasteiger partial charge in [-0.2, -0.15) is 0 Å². The van der Waals surface area contributed by atoms with Gasteiger partial charge in [-0.15, -0.1) is 0 Å². The summed E-state index contributed by atoms with van der Waals surface area (Å²) >= 11 is 0. The molecule has 0 bridgehead atoms. The smallest absolute Gasteiger partial charge is 0.122 e. The first-order chi connectivity index (χ1) is 10.8. The fraction of sp³-hybridized carbons (Fsp3) is 0.294. The highest BCUT2D eigenvalue weighted by molar-refractivity contribution is 5.33. The topological polar surface area (TPSA) is 49.7 Å². The van der Waals surface area contributed by atoms with Crippen molar-refractivity contribution in [3.05, 3.63) is 71.8 Å². The van der Waals surface area contributed by atoms with Gasteiger partial charge in [0.2, 0.25) is 0 Å². The number of hydrogen-bond acceptors (Lipinski definition) is 3. The van der Waals surface area contributed by atoms with E-state index in [2.05, 4.69) is 54.8 Å². The van der Waals surface area contributed by atoms with Gasteiger partial charge in [0, 0.05) is 38.4 Å². The summed E-state index contributed by atoms with van der Waals surface area (Å²) < 4.78 is 2.08. The Morgan fingerprint density at radius 1 is 1.23 bits per heavy atom. The van der Waals surface area contributed by atoms with E-state index >= 15 is 0 Å². The van der Waals surface area contributed by atoms with Crippen LogP contribution >= 0.6 is 0 Å². The van der Waals surface area contributed by atoms with Crippen LogP contribution in [-0.4, -0.2) is 31.0 Å². The Morgan fingerprint density at radius 3 is 2.86 bits per heavy atom. The first-order valence-corrected chi connectivity index (χ1v) is 7.57. The Labute approximate surface area is 129 Å². The third-order valence-corrected chi connectivity index (χ3v) is 4.39. The number of aryl methyl sites for hydroxylation is 1. The maximum Gasteiger partial charge on any atom is 0.122 e. The zero-order chi connectivity index (χ0) is 14.9. The van der Waals surface area contributed by atoms with Gasteiger partial charge in [0.05, 0.1) is 24.3 Å². The van der Waals surface area contributed by atoms with Gasteiger partial charge in [0.1, 0.15) is 5.82 Å².